The summed E-state index contributed by atoms with van der Waals surface area (Å²) in [6, 6.07) is 6.62. The van der Waals surface area contributed by atoms with Crippen LogP contribution in [0.5, 0.6) is 0 Å². The van der Waals surface area contributed by atoms with Gasteiger partial charge in [0, 0.05) is 32.0 Å². The molecule has 7 heteroatoms. The molecule has 0 bridgehead atoms. The Bertz CT molecular complexity index is 623. The minimum absolute atomic E-state index is 0.237. The van der Waals surface area contributed by atoms with E-state index in [1.165, 1.54) is 0 Å². The number of benzene rings is 1. The molecular weight excluding hydrogens is 264 g/mol. The van der Waals surface area contributed by atoms with Gasteiger partial charge in [-0.3, -0.25) is 0 Å². The standard InChI is InChI=1S/C12H16N4O2S/c13-9-11-2-1-3-12(8-11)19(17,18)15-5-7-16-6-4-14-10-16/h1-4,6,8,10,15H,5,7,9,13H2. The van der Waals surface area contributed by atoms with Crippen LogP contribution in [0.3, 0.4) is 0 Å². The fourth-order valence-electron chi connectivity index (χ4n) is 1.65. The zero-order valence-electron chi connectivity index (χ0n) is 10.4. The van der Waals surface area contributed by atoms with E-state index >= 15 is 0 Å². The summed E-state index contributed by atoms with van der Waals surface area (Å²) in [7, 11) is -3.49. The van der Waals surface area contributed by atoms with Gasteiger partial charge in [-0.2, -0.15) is 0 Å². The first kappa shape index (κ1) is 13.7. The molecule has 0 radical (unpaired) electrons. The molecule has 0 spiro atoms. The third kappa shape index (κ3) is 3.63. The van der Waals surface area contributed by atoms with Gasteiger partial charge >= 0.3 is 0 Å². The zero-order valence-corrected chi connectivity index (χ0v) is 11.2. The summed E-state index contributed by atoms with van der Waals surface area (Å²) in [5.41, 5.74) is 6.29. The zero-order chi connectivity index (χ0) is 13.7. The van der Waals surface area contributed by atoms with E-state index in [9.17, 15) is 8.42 Å². The molecule has 0 fully saturated rings. The largest absolute Gasteiger partial charge is 0.336 e. The van der Waals surface area contributed by atoms with Gasteiger partial charge in [0.05, 0.1) is 11.2 Å². The molecule has 0 atom stereocenters. The molecule has 0 aliphatic carbocycles. The summed E-state index contributed by atoms with van der Waals surface area (Å²) in [6.45, 7) is 1.17. The normalized spacial score (nSPS) is 11.6. The van der Waals surface area contributed by atoms with Crippen molar-refractivity contribution in [3.63, 3.8) is 0 Å². The molecule has 0 unspecified atom stereocenters. The van der Waals surface area contributed by atoms with E-state index in [-0.39, 0.29) is 4.90 Å². The fraction of sp³-hybridized carbons (Fsp3) is 0.250. The van der Waals surface area contributed by atoms with Crippen molar-refractivity contribution in [2.24, 2.45) is 5.73 Å². The van der Waals surface area contributed by atoms with Gasteiger partial charge in [-0.15, -0.1) is 0 Å². The molecule has 0 saturated carbocycles. The average Bonchev–Trinajstić information content (AvgIpc) is 2.92. The van der Waals surface area contributed by atoms with Crippen LogP contribution < -0.4 is 10.5 Å². The Morgan fingerprint density at radius 1 is 1.37 bits per heavy atom. The third-order valence-corrected chi connectivity index (χ3v) is 4.12. The van der Waals surface area contributed by atoms with Gasteiger partial charge in [0.25, 0.3) is 0 Å². The summed E-state index contributed by atoms with van der Waals surface area (Å²) in [4.78, 5) is 4.13. The SMILES string of the molecule is NCc1cccc(S(=O)(=O)NCCn2ccnc2)c1. The smallest absolute Gasteiger partial charge is 0.240 e. The monoisotopic (exact) mass is 280 g/mol. The molecular formula is C12H16N4O2S. The topological polar surface area (TPSA) is 90.0 Å². The predicted molar refractivity (Wildman–Crippen MR) is 71.7 cm³/mol. The van der Waals surface area contributed by atoms with Crippen LogP contribution in [0, 0.1) is 0 Å². The van der Waals surface area contributed by atoms with Crippen LogP contribution in [0.25, 0.3) is 0 Å². The summed E-state index contributed by atoms with van der Waals surface area (Å²) in [5, 5.41) is 0. The molecule has 1 heterocycles. The predicted octanol–water partition coefficient (Wildman–Crippen LogP) is 0.320. The highest BCUT2D eigenvalue weighted by Crippen LogP contribution is 2.10. The van der Waals surface area contributed by atoms with Crippen molar-refractivity contribution in [3.8, 4) is 0 Å². The quantitative estimate of drug-likeness (QED) is 0.797. The summed E-state index contributed by atoms with van der Waals surface area (Å²) in [6.07, 6.45) is 5.08. The fourth-order valence-corrected chi connectivity index (χ4v) is 2.74. The molecule has 1 aromatic carbocycles. The molecule has 0 saturated heterocycles. The second-order valence-corrected chi connectivity index (χ2v) is 5.82. The van der Waals surface area contributed by atoms with Gasteiger partial charge in [-0.1, -0.05) is 12.1 Å². The Balaban J connectivity index is 2.01. The first-order chi connectivity index (χ1) is 9.12. The van der Waals surface area contributed by atoms with Crippen molar-refractivity contribution < 1.29 is 8.42 Å². The minimum atomic E-state index is -3.49. The molecule has 1 aromatic heterocycles. The van der Waals surface area contributed by atoms with Gasteiger partial charge < -0.3 is 10.3 Å². The van der Waals surface area contributed by atoms with Crippen molar-refractivity contribution >= 4 is 10.0 Å². The maximum Gasteiger partial charge on any atom is 0.240 e. The highest BCUT2D eigenvalue weighted by molar-refractivity contribution is 7.89. The number of imidazole rings is 1. The number of nitrogens with one attached hydrogen (secondary N) is 1. The molecule has 102 valence electrons. The first-order valence-electron chi connectivity index (χ1n) is 5.86. The molecule has 0 aliphatic rings. The Labute approximate surface area is 112 Å². The van der Waals surface area contributed by atoms with Crippen molar-refractivity contribution in [1.82, 2.24) is 14.3 Å². The molecule has 19 heavy (non-hydrogen) atoms. The number of nitrogens with zero attached hydrogens (tertiary/aromatic N) is 2. The lowest BCUT2D eigenvalue weighted by molar-refractivity contribution is 0.572. The Morgan fingerprint density at radius 2 is 2.21 bits per heavy atom. The van der Waals surface area contributed by atoms with Crippen LogP contribution in [0.1, 0.15) is 5.56 Å². The Hall–Kier alpha value is -1.70. The molecule has 6 nitrogen and oxygen atoms in total. The van der Waals surface area contributed by atoms with Crippen molar-refractivity contribution in [3.05, 3.63) is 48.5 Å². The van der Waals surface area contributed by atoms with E-state index in [4.69, 9.17) is 5.73 Å². The number of hydrogen-bond donors (Lipinski definition) is 2. The van der Waals surface area contributed by atoms with Gasteiger partial charge in [0.2, 0.25) is 10.0 Å². The molecule has 2 aromatic rings. The summed E-state index contributed by atoms with van der Waals surface area (Å²) >= 11 is 0. The van der Waals surface area contributed by atoms with E-state index in [1.807, 2.05) is 0 Å². The van der Waals surface area contributed by atoms with Crippen LogP contribution in [-0.4, -0.2) is 24.5 Å². The van der Waals surface area contributed by atoms with E-state index in [2.05, 4.69) is 9.71 Å². The highest BCUT2D eigenvalue weighted by Gasteiger charge is 2.13. The van der Waals surface area contributed by atoms with Crippen LogP contribution in [-0.2, 0) is 23.1 Å². The molecule has 3 N–H and O–H groups in total. The van der Waals surface area contributed by atoms with Gasteiger partial charge in [0.1, 0.15) is 0 Å². The number of hydrogen-bond acceptors (Lipinski definition) is 4. The van der Waals surface area contributed by atoms with Gasteiger partial charge in [-0.05, 0) is 17.7 Å². The molecule has 2 rings (SSSR count). The van der Waals surface area contributed by atoms with E-state index in [0.29, 0.717) is 19.6 Å². The highest BCUT2D eigenvalue weighted by atomic mass is 32.2. The maximum atomic E-state index is 12.1. The van der Waals surface area contributed by atoms with Crippen LogP contribution in [0.15, 0.2) is 47.9 Å². The maximum absolute atomic E-state index is 12.1. The second kappa shape index (κ2) is 5.96. The van der Waals surface area contributed by atoms with Gasteiger partial charge in [-0.25, -0.2) is 18.1 Å². The van der Waals surface area contributed by atoms with E-state index in [1.54, 1.807) is 47.6 Å². The number of rotatable bonds is 6. The Kier molecular flexibility index (Phi) is 4.31. The lowest BCUT2D eigenvalue weighted by Crippen LogP contribution is -2.27. The number of nitrogens with two attached hydrogens (primary N) is 1. The van der Waals surface area contributed by atoms with Crippen molar-refractivity contribution in [2.75, 3.05) is 6.54 Å². The number of aromatic nitrogens is 2. The van der Waals surface area contributed by atoms with Crippen molar-refractivity contribution in [2.45, 2.75) is 18.0 Å². The van der Waals surface area contributed by atoms with Crippen molar-refractivity contribution in [1.29, 1.82) is 0 Å². The van der Waals surface area contributed by atoms with Crippen LogP contribution >= 0.6 is 0 Å². The van der Waals surface area contributed by atoms with Crippen LogP contribution in [0.2, 0.25) is 0 Å². The summed E-state index contributed by atoms with van der Waals surface area (Å²) in [5.74, 6) is 0. The first-order valence-corrected chi connectivity index (χ1v) is 7.34. The minimum Gasteiger partial charge on any atom is -0.336 e. The van der Waals surface area contributed by atoms with Gasteiger partial charge in [0.15, 0.2) is 0 Å². The lowest BCUT2D eigenvalue weighted by Gasteiger charge is -2.08. The molecule has 0 aliphatic heterocycles. The van der Waals surface area contributed by atoms with E-state index < -0.39 is 10.0 Å². The second-order valence-electron chi connectivity index (χ2n) is 4.05. The summed E-state index contributed by atoms with van der Waals surface area (Å²) < 4.78 is 28.5. The number of sulfonamides is 1. The third-order valence-electron chi connectivity index (χ3n) is 2.67. The van der Waals surface area contributed by atoms with Crippen LogP contribution in [0.4, 0.5) is 0 Å². The lowest BCUT2D eigenvalue weighted by atomic mass is 10.2. The average molecular weight is 280 g/mol. The Morgan fingerprint density at radius 3 is 2.89 bits per heavy atom. The molecule has 0 amide bonds. The van der Waals surface area contributed by atoms with E-state index in [0.717, 1.165) is 5.56 Å².